The second-order valence-electron chi connectivity index (χ2n) is 4.87. The average molecular weight is 211 g/mol. The van der Waals surface area contributed by atoms with E-state index in [1.807, 2.05) is 13.8 Å². The fourth-order valence-corrected chi connectivity index (χ4v) is 1.08. The van der Waals surface area contributed by atoms with E-state index >= 15 is 0 Å². The number of rotatable bonds is 5. The Balaban J connectivity index is 4.00. The minimum absolute atomic E-state index is 0.187. The van der Waals surface area contributed by atoms with Gasteiger partial charge in [-0.3, -0.25) is 5.41 Å². The zero-order valence-corrected chi connectivity index (χ0v) is 10.9. The summed E-state index contributed by atoms with van der Waals surface area (Å²) < 4.78 is 5.38. The van der Waals surface area contributed by atoms with Gasteiger partial charge in [0.1, 0.15) is 0 Å². The fourth-order valence-electron chi connectivity index (χ4n) is 1.08. The third-order valence-corrected chi connectivity index (χ3v) is 2.48. The van der Waals surface area contributed by atoms with E-state index in [0.717, 1.165) is 0 Å². The molecule has 0 aliphatic carbocycles. The molecule has 15 heavy (non-hydrogen) atoms. The average Bonchev–Trinajstić information content (AvgIpc) is 2.13. The van der Waals surface area contributed by atoms with Gasteiger partial charge >= 0.3 is 0 Å². The van der Waals surface area contributed by atoms with Gasteiger partial charge in [0, 0.05) is 11.8 Å². The van der Waals surface area contributed by atoms with Gasteiger partial charge in [0.05, 0.1) is 6.61 Å². The van der Waals surface area contributed by atoms with Crippen LogP contribution >= 0.6 is 0 Å². The lowest BCUT2D eigenvalue weighted by molar-refractivity contribution is 0.253. The van der Waals surface area contributed by atoms with Crippen LogP contribution in [0, 0.1) is 23.2 Å². The Morgan fingerprint density at radius 2 is 1.67 bits per heavy atom. The predicted octanol–water partition coefficient (Wildman–Crippen LogP) is 3.87. The maximum absolute atomic E-state index is 7.56. The minimum Gasteiger partial charge on any atom is -0.480 e. The number of nitrogens with one attached hydrogen (secondary N) is 1. The van der Waals surface area contributed by atoms with Gasteiger partial charge in [-0.05, 0) is 12.8 Å². The van der Waals surface area contributed by atoms with Crippen molar-refractivity contribution in [1.82, 2.24) is 0 Å². The first kappa shape index (κ1) is 14.2. The third-order valence-electron chi connectivity index (χ3n) is 2.48. The molecule has 1 unspecified atom stereocenters. The van der Waals surface area contributed by atoms with Gasteiger partial charge in [-0.15, -0.1) is 0 Å². The monoisotopic (exact) mass is 211 g/mol. The van der Waals surface area contributed by atoms with E-state index in [4.69, 9.17) is 10.1 Å². The summed E-state index contributed by atoms with van der Waals surface area (Å²) >= 11 is 0. The smallest absolute Gasteiger partial charge is 0.182 e. The molecule has 0 aromatic carbocycles. The van der Waals surface area contributed by atoms with E-state index < -0.39 is 0 Å². The van der Waals surface area contributed by atoms with Crippen molar-refractivity contribution in [2.24, 2.45) is 17.8 Å². The summed E-state index contributed by atoms with van der Waals surface area (Å²) in [6, 6.07) is 0. The lowest BCUT2D eigenvalue weighted by Crippen LogP contribution is -2.15. The minimum atomic E-state index is 0.187. The second-order valence-corrected chi connectivity index (χ2v) is 4.87. The first-order chi connectivity index (χ1) is 6.84. The van der Waals surface area contributed by atoms with Crippen LogP contribution < -0.4 is 0 Å². The molecule has 0 saturated heterocycles. The number of ether oxygens (including phenoxy) is 1. The molecule has 0 amide bonds. The summed E-state index contributed by atoms with van der Waals surface area (Å²) in [6.07, 6.45) is 2.23. The Bertz CT molecular complexity index is 229. The summed E-state index contributed by atoms with van der Waals surface area (Å²) in [5.74, 6) is 1.55. The summed E-state index contributed by atoms with van der Waals surface area (Å²) in [5, 5.41) is 7.56. The zero-order chi connectivity index (χ0) is 12.0. The molecule has 0 radical (unpaired) electrons. The fraction of sp³-hybridized carbons (Fsp3) is 0.769. The highest BCUT2D eigenvalue weighted by Crippen LogP contribution is 2.12. The molecule has 0 bridgehead atoms. The molecule has 1 atom stereocenters. The Hall–Kier alpha value is -0.790. The van der Waals surface area contributed by atoms with E-state index in [1.165, 1.54) is 5.57 Å². The largest absolute Gasteiger partial charge is 0.480 e. The molecule has 88 valence electrons. The Labute approximate surface area is 94.2 Å². The number of hydrogen-bond donors (Lipinski definition) is 1. The summed E-state index contributed by atoms with van der Waals surface area (Å²) in [6.45, 7) is 13.2. The maximum atomic E-state index is 7.56. The highest BCUT2D eigenvalue weighted by atomic mass is 16.5. The Kier molecular flexibility index (Phi) is 6.30. The molecule has 2 nitrogen and oxygen atoms in total. The van der Waals surface area contributed by atoms with Crippen molar-refractivity contribution in [3.05, 3.63) is 11.6 Å². The molecule has 0 spiro atoms. The van der Waals surface area contributed by atoms with Crippen molar-refractivity contribution in [2.45, 2.75) is 41.5 Å². The standard InChI is InChI=1S/C13H25NO/c1-9(2)12(6)7-11(5)8-15-13(14)10(3)4/h7,9-11,14H,8H2,1-6H3/b12-7-,14-13?. The van der Waals surface area contributed by atoms with Crippen LogP contribution in [0.3, 0.4) is 0 Å². The molecule has 0 saturated carbocycles. The summed E-state index contributed by atoms with van der Waals surface area (Å²) in [4.78, 5) is 0. The molecule has 0 aromatic rings. The SMILES string of the molecule is C/C(=C/C(C)COC(=N)C(C)C)C(C)C. The molecule has 2 heteroatoms. The maximum Gasteiger partial charge on any atom is 0.182 e. The highest BCUT2D eigenvalue weighted by molar-refractivity contribution is 5.74. The summed E-state index contributed by atoms with van der Waals surface area (Å²) in [7, 11) is 0. The molecule has 0 aliphatic rings. The number of allylic oxidation sites excluding steroid dienone is 1. The lowest BCUT2D eigenvalue weighted by atomic mass is 10.0. The molecule has 0 fully saturated rings. The van der Waals surface area contributed by atoms with E-state index in [1.54, 1.807) is 0 Å². The molecule has 0 aliphatic heterocycles. The van der Waals surface area contributed by atoms with Crippen molar-refractivity contribution in [2.75, 3.05) is 6.61 Å². The molecule has 0 rings (SSSR count). The van der Waals surface area contributed by atoms with Crippen LogP contribution in [-0.2, 0) is 4.74 Å². The van der Waals surface area contributed by atoms with E-state index in [2.05, 4.69) is 33.8 Å². The van der Waals surface area contributed by atoms with Crippen LogP contribution in [0.15, 0.2) is 11.6 Å². The Morgan fingerprint density at radius 1 is 1.13 bits per heavy atom. The third kappa shape index (κ3) is 6.32. The van der Waals surface area contributed by atoms with Gasteiger partial charge in [-0.1, -0.05) is 46.3 Å². The van der Waals surface area contributed by atoms with E-state index in [-0.39, 0.29) is 5.92 Å². The van der Waals surface area contributed by atoms with E-state index in [0.29, 0.717) is 24.3 Å². The van der Waals surface area contributed by atoms with Crippen molar-refractivity contribution >= 4 is 5.90 Å². The van der Waals surface area contributed by atoms with Crippen molar-refractivity contribution in [3.8, 4) is 0 Å². The van der Waals surface area contributed by atoms with Crippen molar-refractivity contribution in [3.63, 3.8) is 0 Å². The van der Waals surface area contributed by atoms with Gasteiger partial charge in [-0.2, -0.15) is 0 Å². The molecule has 0 heterocycles. The van der Waals surface area contributed by atoms with Crippen LogP contribution in [0.1, 0.15) is 41.5 Å². The van der Waals surface area contributed by atoms with Crippen LogP contribution in [0.4, 0.5) is 0 Å². The van der Waals surface area contributed by atoms with Gasteiger partial charge < -0.3 is 4.74 Å². The van der Waals surface area contributed by atoms with Crippen LogP contribution in [0.25, 0.3) is 0 Å². The first-order valence-corrected chi connectivity index (χ1v) is 5.74. The highest BCUT2D eigenvalue weighted by Gasteiger charge is 2.07. The Morgan fingerprint density at radius 3 is 2.07 bits per heavy atom. The lowest BCUT2D eigenvalue weighted by Gasteiger charge is -2.14. The molecule has 0 aromatic heterocycles. The van der Waals surface area contributed by atoms with Gasteiger partial charge in [0.15, 0.2) is 5.90 Å². The number of hydrogen-bond acceptors (Lipinski definition) is 2. The van der Waals surface area contributed by atoms with Crippen LogP contribution in [0.2, 0.25) is 0 Å². The summed E-state index contributed by atoms with van der Waals surface area (Å²) in [5.41, 5.74) is 1.39. The molecular weight excluding hydrogens is 186 g/mol. The zero-order valence-electron chi connectivity index (χ0n) is 10.9. The first-order valence-electron chi connectivity index (χ1n) is 5.74. The van der Waals surface area contributed by atoms with Gasteiger partial charge in [0.25, 0.3) is 0 Å². The van der Waals surface area contributed by atoms with Crippen molar-refractivity contribution < 1.29 is 4.74 Å². The second kappa shape index (κ2) is 6.65. The van der Waals surface area contributed by atoms with E-state index in [9.17, 15) is 0 Å². The quantitative estimate of drug-likeness (QED) is 0.418. The topological polar surface area (TPSA) is 33.1 Å². The van der Waals surface area contributed by atoms with Gasteiger partial charge in [-0.25, -0.2) is 0 Å². The molecule has 1 N–H and O–H groups in total. The van der Waals surface area contributed by atoms with Gasteiger partial charge in [0.2, 0.25) is 0 Å². The van der Waals surface area contributed by atoms with Crippen molar-refractivity contribution in [1.29, 1.82) is 5.41 Å². The molecular formula is C13H25NO. The van der Waals surface area contributed by atoms with Crippen LogP contribution in [-0.4, -0.2) is 12.5 Å². The normalized spacial score (nSPS) is 14.5. The predicted molar refractivity (Wildman–Crippen MR) is 66.3 cm³/mol. The van der Waals surface area contributed by atoms with Crippen LogP contribution in [0.5, 0.6) is 0 Å².